The highest BCUT2D eigenvalue weighted by Crippen LogP contribution is 2.15. The standard InChI is InChI=1S/C38H73NO3/c1-3-5-6-7-8-9-10-11-12-13-14-15-16-17-18-19-20-21-22-23-24-25-26-27-28-29-30-31-32-34-37(41)36(35-40)39-38(42)33-4-2/h28-29,32,34,36-37,40-41H,3-27,30-31,33,35H2,1-2H3,(H,39,42)/b29-28+,34-32+. The zero-order valence-corrected chi connectivity index (χ0v) is 28.3. The van der Waals surface area contributed by atoms with Gasteiger partial charge in [0.2, 0.25) is 5.91 Å². The van der Waals surface area contributed by atoms with E-state index in [1.54, 1.807) is 6.08 Å². The van der Waals surface area contributed by atoms with Crippen LogP contribution in [0.3, 0.4) is 0 Å². The summed E-state index contributed by atoms with van der Waals surface area (Å²) in [5.74, 6) is -0.127. The molecule has 0 rings (SSSR count). The summed E-state index contributed by atoms with van der Waals surface area (Å²) in [4.78, 5) is 11.7. The van der Waals surface area contributed by atoms with Gasteiger partial charge >= 0.3 is 0 Å². The fourth-order valence-electron chi connectivity index (χ4n) is 5.59. The van der Waals surface area contributed by atoms with Gasteiger partial charge in [-0.1, -0.05) is 179 Å². The van der Waals surface area contributed by atoms with Crippen LogP contribution in [-0.2, 0) is 4.79 Å². The van der Waals surface area contributed by atoms with Crippen molar-refractivity contribution in [3.63, 3.8) is 0 Å². The number of nitrogens with one attached hydrogen (secondary N) is 1. The van der Waals surface area contributed by atoms with Crippen molar-refractivity contribution < 1.29 is 15.0 Å². The number of unbranched alkanes of at least 4 members (excludes halogenated alkanes) is 24. The van der Waals surface area contributed by atoms with Crippen LogP contribution in [0, 0.1) is 0 Å². The van der Waals surface area contributed by atoms with Crippen LogP contribution >= 0.6 is 0 Å². The normalized spacial score (nSPS) is 13.3. The second kappa shape index (κ2) is 34.4. The minimum Gasteiger partial charge on any atom is -0.394 e. The lowest BCUT2D eigenvalue weighted by Crippen LogP contribution is -2.45. The maximum atomic E-state index is 11.7. The van der Waals surface area contributed by atoms with Crippen LogP contribution in [0.15, 0.2) is 24.3 Å². The number of carbonyl (C=O) groups excluding carboxylic acids is 1. The van der Waals surface area contributed by atoms with Gasteiger partial charge in [-0.05, 0) is 32.1 Å². The van der Waals surface area contributed by atoms with Gasteiger partial charge in [-0.15, -0.1) is 0 Å². The monoisotopic (exact) mass is 592 g/mol. The minimum atomic E-state index is -0.853. The average Bonchev–Trinajstić information content (AvgIpc) is 2.99. The van der Waals surface area contributed by atoms with E-state index in [0.717, 1.165) is 25.7 Å². The van der Waals surface area contributed by atoms with E-state index in [0.29, 0.717) is 6.42 Å². The first-order chi connectivity index (χ1) is 20.7. The molecule has 0 fully saturated rings. The lowest BCUT2D eigenvalue weighted by Gasteiger charge is -2.19. The van der Waals surface area contributed by atoms with Crippen LogP contribution < -0.4 is 5.32 Å². The molecule has 0 spiro atoms. The van der Waals surface area contributed by atoms with Crippen molar-refractivity contribution in [2.45, 2.75) is 206 Å². The molecule has 0 radical (unpaired) electrons. The molecule has 2 unspecified atom stereocenters. The molecule has 0 aliphatic carbocycles. The molecular formula is C38H73NO3. The molecule has 2 atom stereocenters. The Bertz CT molecular complexity index is 603. The van der Waals surface area contributed by atoms with Crippen molar-refractivity contribution in [3.8, 4) is 0 Å². The lowest BCUT2D eigenvalue weighted by molar-refractivity contribution is -0.122. The number of hydrogen-bond acceptors (Lipinski definition) is 3. The van der Waals surface area contributed by atoms with Crippen molar-refractivity contribution in [2.24, 2.45) is 0 Å². The molecule has 0 aromatic carbocycles. The molecule has 0 aliphatic heterocycles. The third-order valence-electron chi connectivity index (χ3n) is 8.41. The summed E-state index contributed by atoms with van der Waals surface area (Å²) in [5.41, 5.74) is 0. The Balaban J connectivity index is 3.34. The molecule has 4 nitrogen and oxygen atoms in total. The molecule has 3 N–H and O–H groups in total. The Morgan fingerprint density at radius 1 is 0.548 bits per heavy atom. The maximum Gasteiger partial charge on any atom is 0.220 e. The summed E-state index contributed by atoms with van der Waals surface area (Å²) in [6.07, 6.45) is 44.2. The smallest absolute Gasteiger partial charge is 0.220 e. The summed E-state index contributed by atoms with van der Waals surface area (Å²) in [6.45, 7) is 3.96. The molecule has 0 bridgehead atoms. The van der Waals surface area contributed by atoms with Crippen molar-refractivity contribution in [1.29, 1.82) is 0 Å². The predicted molar refractivity (Wildman–Crippen MR) is 184 cm³/mol. The molecule has 4 heteroatoms. The van der Waals surface area contributed by atoms with Gasteiger partial charge in [0.05, 0.1) is 18.8 Å². The largest absolute Gasteiger partial charge is 0.394 e. The Labute approximate surface area is 262 Å². The van der Waals surface area contributed by atoms with Gasteiger partial charge in [0, 0.05) is 6.42 Å². The van der Waals surface area contributed by atoms with Crippen LogP contribution in [-0.4, -0.2) is 34.9 Å². The van der Waals surface area contributed by atoms with E-state index in [4.69, 9.17) is 0 Å². The van der Waals surface area contributed by atoms with Gasteiger partial charge in [0.1, 0.15) is 0 Å². The second-order valence-electron chi connectivity index (χ2n) is 12.6. The molecule has 248 valence electrons. The van der Waals surface area contributed by atoms with Crippen LogP contribution in [0.5, 0.6) is 0 Å². The SMILES string of the molecule is CCCCCCCCCCCCCCCCCCCCCCCCC/C=C/CC/C=C/C(O)C(CO)NC(=O)CCC. The molecule has 0 aromatic rings. The van der Waals surface area contributed by atoms with Gasteiger partial charge in [-0.3, -0.25) is 4.79 Å². The van der Waals surface area contributed by atoms with Crippen molar-refractivity contribution in [2.75, 3.05) is 6.61 Å². The summed E-state index contributed by atoms with van der Waals surface area (Å²) in [7, 11) is 0. The third-order valence-corrected chi connectivity index (χ3v) is 8.41. The van der Waals surface area contributed by atoms with Crippen LogP contribution in [0.4, 0.5) is 0 Å². The zero-order valence-electron chi connectivity index (χ0n) is 28.3. The van der Waals surface area contributed by atoms with E-state index >= 15 is 0 Å². The average molecular weight is 592 g/mol. The first-order valence-corrected chi connectivity index (χ1v) is 18.6. The molecular weight excluding hydrogens is 518 g/mol. The van der Waals surface area contributed by atoms with E-state index < -0.39 is 12.1 Å². The second-order valence-corrected chi connectivity index (χ2v) is 12.6. The van der Waals surface area contributed by atoms with E-state index in [9.17, 15) is 15.0 Å². The van der Waals surface area contributed by atoms with Crippen LogP contribution in [0.2, 0.25) is 0 Å². The summed E-state index contributed by atoms with van der Waals surface area (Å²) in [5, 5.41) is 22.2. The van der Waals surface area contributed by atoms with E-state index in [2.05, 4.69) is 24.4 Å². The van der Waals surface area contributed by atoms with Crippen molar-refractivity contribution >= 4 is 5.91 Å². The molecule has 0 heterocycles. The van der Waals surface area contributed by atoms with Crippen molar-refractivity contribution in [3.05, 3.63) is 24.3 Å². The number of amides is 1. The topological polar surface area (TPSA) is 69.6 Å². The number of hydrogen-bond donors (Lipinski definition) is 3. The number of aliphatic hydroxyl groups is 2. The summed E-state index contributed by atoms with van der Waals surface area (Å²) >= 11 is 0. The number of allylic oxidation sites excluding steroid dienone is 3. The van der Waals surface area contributed by atoms with Gasteiger partial charge in [-0.25, -0.2) is 0 Å². The third kappa shape index (κ3) is 30.3. The molecule has 0 saturated carbocycles. The fraction of sp³-hybridized carbons (Fsp3) is 0.868. The van der Waals surface area contributed by atoms with Crippen LogP contribution in [0.25, 0.3) is 0 Å². The quantitative estimate of drug-likeness (QED) is 0.0525. The van der Waals surface area contributed by atoms with Crippen LogP contribution in [0.1, 0.15) is 194 Å². The van der Waals surface area contributed by atoms with E-state index in [1.165, 1.54) is 148 Å². The van der Waals surface area contributed by atoms with Crippen molar-refractivity contribution in [1.82, 2.24) is 5.32 Å². The first-order valence-electron chi connectivity index (χ1n) is 18.6. The maximum absolute atomic E-state index is 11.7. The Kier molecular flexibility index (Phi) is 33.4. The summed E-state index contributed by atoms with van der Waals surface area (Å²) < 4.78 is 0. The highest BCUT2D eigenvalue weighted by atomic mass is 16.3. The molecule has 0 aliphatic rings. The van der Waals surface area contributed by atoms with E-state index in [1.807, 2.05) is 13.0 Å². The molecule has 42 heavy (non-hydrogen) atoms. The Morgan fingerprint density at radius 2 is 0.929 bits per heavy atom. The Morgan fingerprint density at radius 3 is 1.33 bits per heavy atom. The lowest BCUT2D eigenvalue weighted by atomic mass is 10.0. The Hall–Kier alpha value is -1.13. The minimum absolute atomic E-state index is 0.127. The predicted octanol–water partition coefficient (Wildman–Crippen LogP) is 10.9. The number of rotatable bonds is 33. The van der Waals surface area contributed by atoms with Gasteiger partial charge in [0.25, 0.3) is 0 Å². The molecule has 0 aromatic heterocycles. The highest BCUT2D eigenvalue weighted by molar-refractivity contribution is 5.76. The summed E-state index contributed by atoms with van der Waals surface area (Å²) in [6, 6.07) is -0.630. The fourth-order valence-corrected chi connectivity index (χ4v) is 5.59. The van der Waals surface area contributed by atoms with Gasteiger partial charge < -0.3 is 15.5 Å². The number of aliphatic hydroxyl groups excluding tert-OH is 2. The molecule has 1 amide bonds. The van der Waals surface area contributed by atoms with Gasteiger partial charge in [0.15, 0.2) is 0 Å². The highest BCUT2D eigenvalue weighted by Gasteiger charge is 2.17. The molecule has 0 saturated heterocycles. The van der Waals surface area contributed by atoms with Gasteiger partial charge in [-0.2, -0.15) is 0 Å². The van der Waals surface area contributed by atoms with E-state index in [-0.39, 0.29) is 12.5 Å². The number of carbonyl (C=O) groups is 1. The zero-order chi connectivity index (χ0) is 30.8. The first kappa shape index (κ1) is 40.9.